The second kappa shape index (κ2) is 6.56. The molecular weight excluding hydrogens is 424 g/mol. The molecule has 2 heterocycles. The van der Waals surface area contributed by atoms with Gasteiger partial charge in [-0.1, -0.05) is 46.1 Å². The number of esters is 1. The lowest BCUT2D eigenvalue weighted by atomic mass is 9.52. The summed E-state index contributed by atoms with van der Waals surface area (Å²) < 4.78 is 20.0. The zero-order valence-electron chi connectivity index (χ0n) is 21.1. The average molecular weight is 467 g/mol. The van der Waals surface area contributed by atoms with E-state index in [4.69, 9.17) is 13.9 Å². The maximum absolute atomic E-state index is 13.7. The van der Waals surface area contributed by atoms with Crippen LogP contribution in [-0.4, -0.2) is 57.0 Å². The van der Waals surface area contributed by atoms with Crippen molar-refractivity contribution >= 4 is 22.4 Å². The van der Waals surface area contributed by atoms with Crippen LogP contribution in [0.25, 0.3) is 0 Å². The molecule has 0 unspecified atom stereocenters. The number of aliphatic hydroxyl groups is 1. The van der Waals surface area contributed by atoms with Gasteiger partial charge in [-0.15, -0.1) is 0 Å². The fourth-order valence-corrected chi connectivity index (χ4v) is 9.08. The van der Waals surface area contributed by atoms with Crippen LogP contribution in [0.3, 0.4) is 0 Å². The third-order valence-corrected chi connectivity index (χ3v) is 14.4. The third-order valence-electron chi connectivity index (χ3n) is 8.77. The Balaban J connectivity index is 1.91. The Labute approximate surface area is 190 Å². The fourth-order valence-electron chi connectivity index (χ4n) is 6.35. The topological polar surface area (TPSA) is 65.0 Å². The second-order valence-corrected chi connectivity index (χ2v) is 23.3. The van der Waals surface area contributed by atoms with Crippen molar-refractivity contribution in [3.05, 3.63) is 11.3 Å². The SMILES string of the molecule is CC1(C)O[C@@]23C[C@@H]1[C@@H](O)C[C@]21C(=O)O[C@H](C/C3=C\[Si](C)(C)C)[C@H]1O[Si](C)(C)C(C)(C)C. The molecule has 4 fully saturated rings. The Bertz CT molecular complexity index is 821. The van der Waals surface area contributed by atoms with Gasteiger partial charge in [0.2, 0.25) is 0 Å². The first-order valence-electron chi connectivity index (χ1n) is 11.9. The van der Waals surface area contributed by atoms with Crippen LogP contribution in [0.2, 0.25) is 37.8 Å². The molecule has 2 spiro atoms. The maximum Gasteiger partial charge on any atom is 0.318 e. The van der Waals surface area contributed by atoms with Crippen LogP contribution in [0.1, 0.15) is 53.9 Å². The normalized spacial score (nSPS) is 43.2. The third kappa shape index (κ3) is 3.21. The van der Waals surface area contributed by atoms with Crippen LogP contribution in [0, 0.1) is 11.3 Å². The van der Waals surface area contributed by atoms with Crippen molar-refractivity contribution in [3.8, 4) is 0 Å². The number of rotatable bonds is 3. The monoisotopic (exact) mass is 466 g/mol. The van der Waals surface area contributed by atoms with Gasteiger partial charge in [-0.3, -0.25) is 4.79 Å². The number of fused-ring (bicyclic) bond motifs is 2. The van der Waals surface area contributed by atoms with Crippen molar-refractivity contribution in [1.82, 2.24) is 0 Å². The number of hydrogen-bond donors (Lipinski definition) is 1. The molecule has 0 aromatic rings. The molecular formula is C24H42O5Si2. The van der Waals surface area contributed by atoms with E-state index >= 15 is 0 Å². The van der Waals surface area contributed by atoms with Gasteiger partial charge in [-0.25, -0.2) is 0 Å². The van der Waals surface area contributed by atoms with E-state index in [-0.39, 0.29) is 29.1 Å². The molecule has 7 heteroatoms. The summed E-state index contributed by atoms with van der Waals surface area (Å²) in [5, 5.41) is 11.3. The van der Waals surface area contributed by atoms with E-state index in [1.54, 1.807) is 0 Å². The first-order chi connectivity index (χ1) is 13.9. The number of aliphatic hydroxyl groups excluding tert-OH is 1. The van der Waals surface area contributed by atoms with Gasteiger partial charge in [0.15, 0.2) is 8.32 Å². The fraction of sp³-hybridized carbons (Fsp3) is 0.875. The van der Waals surface area contributed by atoms with Crippen molar-refractivity contribution in [2.24, 2.45) is 11.3 Å². The van der Waals surface area contributed by atoms with Crippen LogP contribution < -0.4 is 0 Å². The van der Waals surface area contributed by atoms with Gasteiger partial charge in [-0.2, -0.15) is 0 Å². The minimum atomic E-state index is -2.19. The van der Waals surface area contributed by atoms with Crippen LogP contribution in [-0.2, 0) is 18.7 Å². The highest BCUT2D eigenvalue weighted by Gasteiger charge is 2.80. The Morgan fingerprint density at radius 1 is 1.13 bits per heavy atom. The van der Waals surface area contributed by atoms with E-state index in [2.05, 4.69) is 73.1 Å². The Morgan fingerprint density at radius 2 is 1.74 bits per heavy atom. The van der Waals surface area contributed by atoms with Gasteiger partial charge in [0.05, 0.1) is 19.8 Å². The summed E-state index contributed by atoms with van der Waals surface area (Å²) in [7, 11) is -3.77. The summed E-state index contributed by atoms with van der Waals surface area (Å²) >= 11 is 0. The molecule has 2 saturated carbocycles. The zero-order valence-corrected chi connectivity index (χ0v) is 23.1. The number of ether oxygens (including phenoxy) is 2. The van der Waals surface area contributed by atoms with Crippen molar-refractivity contribution in [2.75, 3.05) is 0 Å². The first kappa shape index (κ1) is 23.7. The van der Waals surface area contributed by atoms with Crippen LogP contribution in [0.5, 0.6) is 0 Å². The summed E-state index contributed by atoms with van der Waals surface area (Å²) in [6.07, 6.45) is 0.425. The van der Waals surface area contributed by atoms with Gasteiger partial charge < -0.3 is 19.0 Å². The summed E-state index contributed by atoms with van der Waals surface area (Å²) in [4.78, 5) is 13.7. The lowest BCUT2D eigenvalue weighted by Crippen LogP contribution is -2.67. The largest absolute Gasteiger partial charge is 0.459 e. The molecule has 176 valence electrons. The summed E-state index contributed by atoms with van der Waals surface area (Å²) in [6.45, 7) is 22.2. The highest BCUT2D eigenvalue weighted by atomic mass is 28.4. The lowest BCUT2D eigenvalue weighted by Gasteiger charge is -2.55. The Kier molecular flexibility index (Phi) is 5.01. The standard InChI is InChI=1S/C24H42O5Si2/c1-21(2,3)31(9,10)28-19-18-11-15(14-30(6,7)8)24-12-16(22(4,5)29-24)17(25)13-23(19,24)20(26)27-18/h14,16-19,25H,11-13H2,1-10H3/b15-14+/t16-,17+,18-,19-,23+,24-/m1/s1. The van der Waals surface area contributed by atoms with E-state index in [0.717, 1.165) is 0 Å². The van der Waals surface area contributed by atoms with Crippen LogP contribution in [0.4, 0.5) is 0 Å². The smallest absolute Gasteiger partial charge is 0.318 e. The average Bonchev–Trinajstić information content (AvgIpc) is 2.91. The second-order valence-electron chi connectivity index (χ2n) is 13.6. The van der Waals surface area contributed by atoms with Crippen LogP contribution in [0.15, 0.2) is 11.3 Å². The Hall–Kier alpha value is -0.476. The van der Waals surface area contributed by atoms with Gasteiger partial charge in [0.1, 0.15) is 23.2 Å². The lowest BCUT2D eigenvalue weighted by molar-refractivity contribution is -0.181. The molecule has 1 N–H and O–H groups in total. The number of carbonyl (C=O) groups is 1. The molecule has 4 aliphatic rings. The van der Waals surface area contributed by atoms with Crippen molar-refractivity contribution in [3.63, 3.8) is 0 Å². The number of hydrogen-bond acceptors (Lipinski definition) is 5. The van der Waals surface area contributed by atoms with Crippen molar-refractivity contribution in [2.45, 2.75) is 121 Å². The Morgan fingerprint density at radius 3 is 2.29 bits per heavy atom. The van der Waals surface area contributed by atoms with E-state index in [0.29, 0.717) is 19.3 Å². The molecule has 0 amide bonds. The molecule has 0 aromatic carbocycles. The molecule has 0 aromatic heterocycles. The molecule has 31 heavy (non-hydrogen) atoms. The molecule has 2 saturated heterocycles. The quantitative estimate of drug-likeness (QED) is 0.477. The van der Waals surface area contributed by atoms with E-state index in [1.165, 1.54) is 5.57 Å². The molecule has 4 bridgehead atoms. The predicted octanol–water partition coefficient (Wildman–Crippen LogP) is 4.81. The van der Waals surface area contributed by atoms with Gasteiger partial charge in [0, 0.05) is 12.3 Å². The molecule has 4 rings (SSSR count). The predicted molar refractivity (Wildman–Crippen MR) is 127 cm³/mol. The van der Waals surface area contributed by atoms with E-state index < -0.39 is 39.1 Å². The summed E-state index contributed by atoms with van der Waals surface area (Å²) in [5.74, 6) is -0.225. The molecule has 0 radical (unpaired) electrons. The van der Waals surface area contributed by atoms with E-state index in [9.17, 15) is 9.90 Å². The molecule has 2 aliphatic heterocycles. The minimum absolute atomic E-state index is 0.00151. The highest BCUT2D eigenvalue weighted by molar-refractivity contribution is 6.81. The summed E-state index contributed by atoms with van der Waals surface area (Å²) in [5.41, 5.74) is 1.44. The minimum Gasteiger partial charge on any atom is -0.459 e. The molecule has 2 aliphatic carbocycles. The van der Waals surface area contributed by atoms with Crippen LogP contribution >= 0.6 is 0 Å². The number of carbonyl (C=O) groups excluding carboxylic acids is 1. The maximum atomic E-state index is 13.7. The van der Waals surface area contributed by atoms with Gasteiger partial charge >= 0.3 is 5.97 Å². The molecule has 5 nitrogen and oxygen atoms in total. The van der Waals surface area contributed by atoms with Crippen molar-refractivity contribution in [1.29, 1.82) is 0 Å². The highest BCUT2D eigenvalue weighted by Crippen LogP contribution is 2.69. The van der Waals surface area contributed by atoms with Gasteiger partial charge in [-0.05, 0) is 50.4 Å². The summed E-state index contributed by atoms with van der Waals surface area (Å²) in [6, 6.07) is 0. The first-order valence-corrected chi connectivity index (χ1v) is 18.3. The van der Waals surface area contributed by atoms with Crippen molar-refractivity contribution < 1.29 is 23.8 Å². The molecule has 6 atom stereocenters. The zero-order chi connectivity index (χ0) is 23.4. The van der Waals surface area contributed by atoms with Gasteiger partial charge in [0.25, 0.3) is 0 Å². The van der Waals surface area contributed by atoms with E-state index in [1.807, 2.05) is 0 Å².